The zero-order valence-electron chi connectivity index (χ0n) is 13.1. The molecule has 0 saturated carbocycles. The van der Waals surface area contributed by atoms with Gasteiger partial charge in [-0.3, -0.25) is 9.59 Å². The van der Waals surface area contributed by atoms with Crippen molar-refractivity contribution in [1.29, 1.82) is 0 Å². The van der Waals surface area contributed by atoms with Gasteiger partial charge in [-0.2, -0.15) is 0 Å². The summed E-state index contributed by atoms with van der Waals surface area (Å²) in [4.78, 5) is 25.1. The van der Waals surface area contributed by atoms with E-state index in [-0.39, 0.29) is 11.8 Å². The van der Waals surface area contributed by atoms with E-state index in [1.165, 1.54) is 0 Å². The van der Waals surface area contributed by atoms with Crippen molar-refractivity contribution >= 4 is 33.4 Å². The Morgan fingerprint density at radius 1 is 1.26 bits per heavy atom. The molecule has 1 saturated heterocycles. The smallest absolute Gasteiger partial charge is 0.226 e. The zero-order chi connectivity index (χ0) is 16.5. The number of anilines is 1. The van der Waals surface area contributed by atoms with Gasteiger partial charge >= 0.3 is 0 Å². The molecule has 0 aliphatic carbocycles. The van der Waals surface area contributed by atoms with Gasteiger partial charge in [0.15, 0.2) is 0 Å². The van der Waals surface area contributed by atoms with Crippen LogP contribution in [0.3, 0.4) is 0 Å². The molecule has 1 fully saturated rings. The second-order valence-corrected chi connectivity index (χ2v) is 6.21. The highest BCUT2D eigenvalue weighted by Crippen LogP contribution is 2.20. The standard InChI is InChI=1S/C18H21BrN2O2/c19-12-3-6-17(22)20-13-4-5-15-8-10-16(11-9-15)21-14-2-1-7-18(21)23/h8-11H,1-3,6-7,12-14H2,(H,20,22). The Bertz CT molecular complexity index is 602. The van der Waals surface area contributed by atoms with Gasteiger partial charge in [0.2, 0.25) is 11.8 Å². The fraction of sp³-hybridized carbons (Fsp3) is 0.444. The molecule has 0 unspecified atom stereocenters. The first-order valence-corrected chi connectivity index (χ1v) is 9.05. The Morgan fingerprint density at radius 2 is 2.04 bits per heavy atom. The first kappa shape index (κ1) is 17.6. The van der Waals surface area contributed by atoms with Crippen LogP contribution in [-0.4, -0.2) is 30.2 Å². The summed E-state index contributed by atoms with van der Waals surface area (Å²) in [5.74, 6) is 6.18. The fourth-order valence-corrected chi connectivity index (χ4v) is 2.69. The van der Waals surface area contributed by atoms with E-state index in [1.807, 2.05) is 29.2 Å². The number of amides is 2. The number of carbonyl (C=O) groups excluding carboxylic acids is 2. The third-order valence-corrected chi connectivity index (χ3v) is 4.21. The summed E-state index contributed by atoms with van der Waals surface area (Å²) < 4.78 is 0. The monoisotopic (exact) mass is 376 g/mol. The molecular weight excluding hydrogens is 356 g/mol. The number of nitrogens with zero attached hydrogens (tertiary/aromatic N) is 1. The van der Waals surface area contributed by atoms with Crippen molar-refractivity contribution in [2.45, 2.75) is 32.1 Å². The summed E-state index contributed by atoms with van der Waals surface area (Å²) >= 11 is 3.30. The van der Waals surface area contributed by atoms with E-state index < -0.39 is 0 Å². The number of nitrogens with one attached hydrogen (secondary N) is 1. The van der Waals surface area contributed by atoms with Gasteiger partial charge in [0.05, 0.1) is 6.54 Å². The van der Waals surface area contributed by atoms with Gasteiger partial charge < -0.3 is 10.2 Å². The first-order valence-electron chi connectivity index (χ1n) is 7.92. The van der Waals surface area contributed by atoms with E-state index in [0.717, 1.165) is 42.4 Å². The zero-order valence-corrected chi connectivity index (χ0v) is 14.7. The van der Waals surface area contributed by atoms with E-state index in [4.69, 9.17) is 0 Å². The van der Waals surface area contributed by atoms with Crippen LogP contribution in [0.4, 0.5) is 5.69 Å². The summed E-state index contributed by atoms with van der Waals surface area (Å²) in [5, 5.41) is 3.60. The number of hydrogen-bond donors (Lipinski definition) is 1. The minimum absolute atomic E-state index is 0.0257. The van der Waals surface area contributed by atoms with Crippen molar-refractivity contribution in [1.82, 2.24) is 5.32 Å². The Balaban J connectivity index is 1.84. The lowest BCUT2D eigenvalue weighted by Crippen LogP contribution is -2.35. The largest absolute Gasteiger partial charge is 0.345 e. The molecule has 1 aliphatic rings. The predicted molar refractivity (Wildman–Crippen MR) is 95.6 cm³/mol. The molecule has 1 aromatic carbocycles. The molecule has 2 amide bonds. The van der Waals surface area contributed by atoms with Gasteiger partial charge in [0, 0.05) is 36.0 Å². The van der Waals surface area contributed by atoms with Crippen LogP contribution in [0.2, 0.25) is 0 Å². The summed E-state index contributed by atoms with van der Waals surface area (Å²) in [5.41, 5.74) is 1.82. The number of rotatable bonds is 5. The summed E-state index contributed by atoms with van der Waals surface area (Å²) in [7, 11) is 0. The van der Waals surface area contributed by atoms with Gasteiger partial charge in [-0.05, 0) is 43.5 Å². The highest BCUT2D eigenvalue weighted by Gasteiger charge is 2.19. The van der Waals surface area contributed by atoms with Gasteiger partial charge in [0.25, 0.3) is 0 Å². The molecule has 0 bridgehead atoms. The number of alkyl halides is 1. The van der Waals surface area contributed by atoms with Crippen molar-refractivity contribution in [3.05, 3.63) is 29.8 Å². The average molecular weight is 377 g/mol. The molecule has 0 radical (unpaired) electrons. The molecule has 23 heavy (non-hydrogen) atoms. The minimum Gasteiger partial charge on any atom is -0.345 e. The topological polar surface area (TPSA) is 49.4 Å². The summed E-state index contributed by atoms with van der Waals surface area (Å²) in [6.45, 7) is 1.15. The molecule has 122 valence electrons. The SMILES string of the molecule is O=C(CCCBr)NCC#Cc1ccc(N2CCCCC2=O)cc1. The molecular formula is C18H21BrN2O2. The Hall–Kier alpha value is -1.80. The maximum Gasteiger partial charge on any atom is 0.226 e. The molecule has 0 atom stereocenters. The Kier molecular flexibility index (Phi) is 7.15. The van der Waals surface area contributed by atoms with Crippen molar-refractivity contribution in [2.75, 3.05) is 23.3 Å². The van der Waals surface area contributed by atoms with Crippen LogP contribution < -0.4 is 10.2 Å². The van der Waals surface area contributed by atoms with Gasteiger partial charge in [-0.1, -0.05) is 27.8 Å². The average Bonchev–Trinajstić information content (AvgIpc) is 2.58. The van der Waals surface area contributed by atoms with Gasteiger partial charge in [-0.25, -0.2) is 0 Å². The molecule has 5 heteroatoms. The first-order chi connectivity index (χ1) is 11.2. The normalized spacial score (nSPS) is 14.1. The Morgan fingerprint density at radius 3 is 2.74 bits per heavy atom. The molecule has 2 rings (SSSR count). The lowest BCUT2D eigenvalue weighted by molar-refractivity contribution is -0.121. The van der Waals surface area contributed by atoms with Crippen molar-refractivity contribution < 1.29 is 9.59 Å². The minimum atomic E-state index is 0.0257. The van der Waals surface area contributed by atoms with Gasteiger partial charge in [-0.15, -0.1) is 0 Å². The van der Waals surface area contributed by atoms with Crippen LogP contribution in [0.25, 0.3) is 0 Å². The molecule has 1 N–H and O–H groups in total. The van der Waals surface area contributed by atoms with Crippen molar-refractivity contribution in [3.8, 4) is 11.8 Å². The quantitative estimate of drug-likeness (QED) is 0.634. The number of hydrogen-bond acceptors (Lipinski definition) is 2. The van der Waals surface area contributed by atoms with E-state index in [2.05, 4.69) is 33.1 Å². The van der Waals surface area contributed by atoms with Crippen LogP contribution >= 0.6 is 15.9 Å². The third-order valence-electron chi connectivity index (χ3n) is 3.65. The lowest BCUT2D eigenvalue weighted by atomic mass is 10.1. The molecule has 1 aromatic rings. The van der Waals surface area contributed by atoms with Crippen LogP contribution in [-0.2, 0) is 9.59 Å². The molecule has 0 aromatic heterocycles. The molecule has 1 heterocycles. The van der Waals surface area contributed by atoms with E-state index >= 15 is 0 Å². The van der Waals surface area contributed by atoms with Crippen LogP contribution in [0, 0.1) is 11.8 Å². The van der Waals surface area contributed by atoms with Crippen LogP contribution in [0.1, 0.15) is 37.7 Å². The number of halogens is 1. The van der Waals surface area contributed by atoms with Crippen LogP contribution in [0.15, 0.2) is 24.3 Å². The van der Waals surface area contributed by atoms with Gasteiger partial charge in [0.1, 0.15) is 0 Å². The van der Waals surface area contributed by atoms with E-state index in [0.29, 0.717) is 19.4 Å². The lowest BCUT2D eigenvalue weighted by Gasteiger charge is -2.26. The molecule has 0 spiro atoms. The maximum atomic E-state index is 11.9. The summed E-state index contributed by atoms with van der Waals surface area (Å²) in [6.07, 6.45) is 4.03. The number of carbonyl (C=O) groups is 2. The third kappa shape index (κ3) is 5.72. The number of piperidine rings is 1. The second-order valence-electron chi connectivity index (χ2n) is 5.42. The van der Waals surface area contributed by atoms with Crippen molar-refractivity contribution in [2.24, 2.45) is 0 Å². The van der Waals surface area contributed by atoms with Crippen molar-refractivity contribution in [3.63, 3.8) is 0 Å². The van der Waals surface area contributed by atoms with E-state index in [9.17, 15) is 9.59 Å². The Labute approximate surface area is 145 Å². The highest BCUT2D eigenvalue weighted by atomic mass is 79.9. The molecule has 4 nitrogen and oxygen atoms in total. The predicted octanol–water partition coefficient (Wildman–Crippen LogP) is 2.85. The summed E-state index contributed by atoms with van der Waals surface area (Å²) in [6, 6.07) is 7.69. The maximum absolute atomic E-state index is 11.9. The number of benzene rings is 1. The second kappa shape index (κ2) is 9.36. The van der Waals surface area contributed by atoms with Crippen LogP contribution in [0.5, 0.6) is 0 Å². The van der Waals surface area contributed by atoms with E-state index in [1.54, 1.807) is 0 Å². The highest BCUT2D eigenvalue weighted by molar-refractivity contribution is 9.09. The molecule has 1 aliphatic heterocycles. The fourth-order valence-electron chi connectivity index (χ4n) is 2.41.